The predicted octanol–water partition coefficient (Wildman–Crippen LogP) is 2.11. The molecule has 1 unspecified atom stereocenters. The molecule has 4 nitrogen and oxygen atoms in total. The van der Waals surface area contributed by atoms with Crippen molar-refractivity contribution in [3.8, 4) is 5.75 Å². The van der Waals surface area contributed by atoms with Gasteiger partial charge in [-0.3, -0.25) is 4.68 Å². The number of hydrogen-bond acceptors (Lipinski definition) is 3. The molecule has 0 aliphatic carbocycles. The van der Waals surface area contributed by atoms with Gasteiger partial charge in [0.05, 0.1) is 13.7 Å². The van der Waals surface area contributed by atoms with E-state index >= 15 is 0 Å². The van der Waals surface area contributed by atoms with Crippen LogP contribution >= 0.6 is 0 Å². The Balaban J connectivity index is 1.70. The Morgan fingerprint density at radius 1 is 1.32 bits per heavy atom. The lowest BCUT2D eigenvalue weighted by molar-refractivity contribution is 0.414. The number of aromatic nitrogens is 2. The van der Waals surface area contributed by atoms with Gasteiger partial charge in [-0.1, -0.05) is 12.1 Å². The maximum atomic E-state index is 5.15. The number of methoxy groups -OCH3 is 1. The fourth-order valence-corrected chi connectivity index (χ4v) is 2.01. The normalized spacial score (nSPS) is 12.3. The number of nitrogens with one attached hydrogen (secondary N) is 1. The number of ether oxygens (including phenoxy) is 1. The number of benzene rings is 1. The average molecular weight is 259 g/mol. The molecule has 0 bridgehead atoms. The molecule has 0 saturated heterocycles. The Morgan fingerprint density at radius 3 is 2.74 bits per heavy atom. The lowest BCUT2D eigenvalue weighted by Crippen LogP contribution is -2.32. The summed E-state index contributed by atoms with van der Waals surface area (Å²) in [6.07, 6.45) is 4.82. The van der Waals surface area contributed by atoms with Crippen LogP contribution in [-0.2, 0) is 13.0 Å². The molecule has 1 atom stereocenters. The van der Waals surface area contributed by atoms with Gasteiger partial charge in [-0.2, -0.15) is 5.10 Å². The summed E-state index contributed by atoms with van der Waals surface area (Å²) < 4.78 is 7.09. The SMILES string of the molecule is COc1ccc(CCNC(C)Cn2cccn2)cc1. The quantitative estimate of drug-likeness (QED) is 0.827. The van der Waals surface area contributed by atoms with Crippen LogP contribution in [0.3, 0.4) is 0 Å². The van der Waals surface area contributed by atoms with Crippen molar-refractivity contribution in [2.75, 3.05) is 13.7 Å². The van der Waals surface area contributed by atoms with Crippen LogP contribution < -0.4 is 10.1 Å². The van der Waals surface area contributed by atoms with Gasteiger partial charge in [0, 0.05) is 18.4 Å². The fourth-order valence-electron chi connectivity index (χ4n) is 2.01. The predicted molar refractivity (Wildman–Crippen MR) is 76.4 cm³/mol. The van der Waals surface area contributed by atoms with E-state index in [1.54, 1.807) is 7.11 Å². The zero-order chi connectivity index (χ0) is 13.5. The summed E-state index contributed by atoms with van der Waals surface area (Å²) in [5, 5.41) is 7.71. The van der Waals surface area contributed by atoms with Crippen LogP contribution in [0.2, 0.25) is 0 Å². The van der Waals surface area contributed by atoms with Gasteiger partial charge in [0.2, 0.25) is 0 Å². The molecular formula is C15H21N3O. The smallest absolute Gasteiger partial charge is 0.118 e. The van der Waals surface area contributed by atoms with E-state index in [0.29, 0.717) is 6.04 Å². The van der Waals surface area contributed by atoms with Crippen molar-refractivity contribution in [2.24, 2.45) is 0 Å². The molecule has 102 valence electrons. The first-order chi connectivity index (χ1) is 9.28. The Bertz CT molecular complexity index is 465. The third kappa shape index (κ3) is 4.41. The first-order valence-corrected chi connectivity index (χ1v) is 6.61. The van der Waals surface area contributed by atoms with Crippen LogP contribution in [0.15, 0.2) is 42.7 Å². The van der Waals surface area contributed by atoms with E-state index in [1.807, 2.05) is 35.3 Å². The molecule has 0 aliphatic heterocycles. The second kappa shape index (κ2) is 6.95. The van der Waals surface area contributed by atoms with Gasteiger partial charge in [-0.25, -0.2) is 0 Å². The average Bonchev–Trinajstić information content (AvgIpc) is 2.92. The second-order valence-corrected chi connectivity index (χ2v) is 4.68. The molecule has 1 aromatic carbocycles. The van der Waals surface area contributed by atoms with Crippen molar-refractivity contribution in [1.82, 2.24) is 15.1 Å². The molecule has 1 N–H and O–H groups in total. The lowest BCUT2D eigenvalue weighted by atomic mass is 10.1. The van der Waals surface area contributed by atoms with Gasteiger partial charge in [0.15, 0.2) is 0 Å². The van der Waals surface area contributed by atoms with Gasteiger partial charge >= 0.3 is 0 Å². The fraction of sp³-hybridized carbons (Fsp3) is 0.400. The second-order valence-electron chi connectivity index (χ2n) is 4.68. The lowest BCUT2D eigenvalue weighted by Gasteiger charge is -2.13. The minimum atomic E-state index is 0.415. The summed E-state index contributed by atoms with van der Waals surface area (Å²) in [5.41, 5.74) is 1.32. The van der Waals surface area contributed by atoms with Gasteiger partial charge in [-0.15, -0.1) is 0 Å². The summed E-state index contributed by atoms with van der Waals surface area (Å²) in [4.78, 5) is 0. The highest BCUT2D eigenvalue weighted by Crippen LogP contribution is 2.11. The highest BCUT2D eigenvalue weighted by atomic mass is 16.5. The minimum Gasteiger partial charge on any atom is -0.497 e. The molecule has 19 heavy (non-hydrogen) atoms. The zero-order valence-corrected chi connectivity index (χ0v) is 11.5. The molecule has 4 heteroatoms. The Labute approximate surface area is 114 Å². The molecule has 0 spiro atoms. The third-order valence-corrected chi connectivity index (χ3v) is 3.09. The molecule has 0 saturated carbocycles. The van der Waals surface area contributed by atoms with Crippen LogP contribution in [0.5, 0.6) is 5.75 Å². The van der Waals surface area contributed by atoms with Crippen molar-refractivity contribution in [3.05, 3.63) is 48.3 Å². The molecule has 1 aromatic heterocycles. The Kier molecular flexibility index (Phi) is 4.98. The van der Waals surface area contributed by atoms with Gasteiger partial charge in [0.1, 0.15) is 5.75 Å². The zero-order valence-electron chi connectivity index (χ0n) is 11.5. The largest absolute Gasteiger partial charge is 0.497 e. The van der Waals surface area contributed by atoms with Crippen LogP contribution in [0.1, 0.15) is 12.5 Å². The first-order valence-electron chi connectivity index (χ1n) is 6.61. The summed E-state index contributed by atoms with van der Waals surface area (Å²) >= 11 is 0. The standard InChI is InChI=1S/C15H21N3O/c1-13(12-18-11-3-9-17-18)16-10-8-14-4-6-15(19-2)7-5-14/h3-7,9,11,13,16H,8,10,12H2,1-2H3. The highest BCUT2D eigenvalue weighted by molar-refractivity contribution is 5.27. The summed E-state index contributed by atoms with van der Waals surface area (Å²) in [5.74, 6) is 0.906. The highest BCUT2D eigenvalue weighted by Gasteiger charge is 2.02. The summed E-state index contributed by atoms with van der Waals surface area (Å²) in [6, 6.07) is 10.6. The van der Waals surface area contributed by atoms with Crippen LogP contribution in [0, 0.1) is 0 Å². The van der Waals surface area contributed by atoms with Gasteiger partial charge in [-0.05, 0) is 43.7 Å². The molecule has 0 amide bonds. The maximum Gasteiger partial charge on any atom is 0.118 e. The minimum absolute atomic E-state index is 0.415. The van der Waals surface area contributed by atoms with E-state index in [4.69, 9.17) is 4.74 Å². The monoisotopic (exact) mass is 259 g/mol. The third-order valence-electron chi connectivity index (χ3n) is 3.09. The van der Waals surface area contributed by atoms with Gasteiger partial charge in [0.25, 0.3) is 0 Å². The van der Waals surface area contributed by atoms with Crippen molar-refractivity contribution in [1.29, 1.82) is 0 Å². The van der Waals surface area contributed by atoms with Gasteiger partial charge < -0.3 is 10.1 Å². The van der Waals surface area contributed by atoms with Crippen molar-refractivity contribution in [2.45, 2.75) is 25.9 Å². The van der Waals surface area contributed by atoms with Crippen molar-refractivity contribution in [3.63, 3.8) is 0 Å². The van der Waals surface area contributed by atoms with Crippen molar-refractivity contribution >= 4 is 0 Å². The molecular weight excluding hydrogens is 238 g/mol. The molecule has 0 aliphatic rings. The molecule has 0 fully saturated rings. The van der Waals surface area contributed by atoms with Crippen LogP contribution in [0.4, 0.5) is 0 Å². The number of nitrogens with zero attached hydrogens (tertiary/aromatic N) is 2. The van der Waals surface area contributed by atoms with E-state index < -0.39 is 0 Å². The van der Waals surface area contributed by atoms with Crippen LogP contribution in [-0.4, -0.2) is 29.5 Å². The van der Waals surface area contributed by atoms with E-state index in [-0.39, 0.29) is 0 Å². The summed E-state index contributed by atoms with van der Waals surface area (Å²) in [6.45, 7) is 4.04. The molecule has 0 radical (unpaired) electrons. The number of rotatable bonds is 7. The molecule has 1 heterocycles. The first kappa shape index (κ1) is 13.6. The maximum absolute atomic E-state index is 5.15. The van der Waals surface area contributed by atoms with E-state index in [2.05, 4.69) is 29.5 Å². The van der Waals surface area contributed by atoms with Crippen molar-refractivity contribution < 1.29 is 4.74 Å². The molecule has 2 aromatic rings. The van der Waals surface area contributed by atoms with E-state index in [1.165, 1.54) is 5.56 Å². The van der Waals surface area contributed by atoms with E-state index in [0.717, 1.165) is 25.3 Å². The summed E-state index contributed by atoms with van der Waals surface area (Å²) in [7, 11) is 1.69. The number of hydrogen-bond donors (Lipinski definition) is 1. The van der Waals surface area contributed by atoms with E-state index in [9.17, 15) is 0 Å². The Hall–Kier alpha value is -1.81. The Morgan fingerprint density at radius 2 is 2.11 bits per heavy atom. The molecule has 2 rings (SSSR count). The topological polar surface area (TPSA) is 39.1 Å². The van der Waals surface area contributed by atoms with Crippen LogP contribution in [0.25, 0.3) is 0 Å².